The summed E-state index contributed by atoms with van der Waals surface area (Å²) in [5.41, 5.74) is 0. The summed E-state index contributed by atoms with van der Waals surface area (Å²) in [6.45, 7) is -0.336. The van der Waals surface area contributed by atoms with Crippen LogP contribution < -0.4 is 4.74 Å². The Hall–Kier alpha value is -1.74. The minimum Gasteiger partial charge on any atom is -0.479 e. The van der Waals surface area contributed by atoms with Crippen molar-refractivity contribution < 1.29 is 26.5 Å². The van der Waals surface area contributed by atoms with Gasteiger partial charge in [-0.3, -0.25) is 0 Å². The number of halogens is 3. The number of ether oxygens (including phenoxy) is 1. The molecule has 0 saturated carbocycles. The highest BCUT2D eigenvalue weighted by Crippen LogP contribution is 2.27. The number of aromatic nitrogens is 2. The van der Waals surface area contributed by atoms with E-state index in [1.165, 1.54) is 0 Å². The second-order valence-corrected chi connectivity index (χ2v) is 5.86. The summed E-state index contributed by atoms with van der Waals surface area (Å²) < 4.78 is 58.1. The van der Waals surface area contributed by atoms with E-state index >= 15 is 0 Å². The van der Waals surface area contributed by atoms with Crippen LogP contribution >= 0.6 is 10.7 Å². The van der Waals surface area contributed by atoms with Gasteiger partial charge in [-0.1, -0.05) is 5.16 Å². The molecule has 0 radical (unpaired) electrons. The largest absolute Gasteiger partial charge is 0.479 e. The van der Waals surface area contributed by atoms with Crippen molar-refractivity contribution in [3.8, 4) is 5.75 Å². The number of nitrogens with zero attached hydrogens (tertiary/aromatic N) is 2. The molecule has 102 valence electrons. The Labute approximate surface area is 110 Å². The van der Waals surface area contributed by atoms with Gasteiger partial charge in [0.15, 0.2) is 24.0 Å². The predicted molar refractivity (Wildman–Crippen MR) is 58.0 cm³/mol. The molecule has 0 unspecified atom stereocenters. The first-order chi connectivity index (χ1) is 8.88. The number of hydrogen-bond acceptors (Lipinski definition) is 6. The van der Waals surface area contributed by atoms with Gasteiger partial charge in [0, 0.05) is 10.7 Å². The Morgan fingerprint density at radius 2 is 1.95 bits per heavy atom. The molecule has 0 spiro atoms. The van der Waals surface area contributed by atoms with Crippen LogP contribution in [0, 0.1) is 11.6 Å². The zero-order valence-corrected chi connectivity index (χ0v) is 10.6. The van der Waals surface area contributed by atoms with E-state index in [1.54, 1.807) is 0 Å². The zero-order valence-electron chi connectivity index (χ0n) is 9.01. The van der Waals surface area contributed by atoms with Gasteiger partial charge in [-0.2, -0.15) is 4.98 Å². The molecule has 10 heteroatoms. The number of hydrogen-bond donors (Lipinski definition) is 0. The molecule has 6 nitrogen and oxygen atoms in total. The minimum absolute atomic E-state index is 0.0767. The van der Waals surface area contributed by atoms with E-state index in [4.69, 9.17) is 15.4 Å². The summed E-state index contributed by atoms with van der Waals surface area (Å²) in [4.78, 5) is 2.88. The van der Waals surface area contributed by atoms with Crippen molar-refractivity contribution in [2.45, 2.75) is 11.5 Å². The van der Waals surface area contributed by atoms with Crippen LogP contribution in [0.2, 0.25) is 0 Å². The number of rotatable bonds is 4. The topological polar surface area (TPSA) is 82.3 Å². The molecule has 0 atom stereocenters. The molecule has 0 aliphatic heterocycles. The van der Waals surface area contributed by atoms with Gasteiger partial charge in [0.05, 0.1) is 4.90 Å². The standard InChI is InChI=1S/C9H5ClF2N2O4S/c10-19(15,16)5-1-6(11)9(7(12)2-5)17-3-8-13-4-18-14-8/h1-2,4H,3H2. The van der Waals surface area contributed by atoms with E-state index in [-0.39, 0.29) is 12.4 Å². The Kier molecular flexibility index (Phi) is 3.67. The van der Waals surface area contributed by atoms with Crippen molar-refractivity contribution >= 4 is 19.7 Å². The summed E-state index contributed by atoms with van der Waals surface area (Å²) in [7, 11) is 0.753. The maximum absolute atomic E-state index is 13.5. The molecule has 0 amide bonds. The molecule has 0 bridgehead atoms. The summed E-state index contributed by atoms with van der Waals surface area (Å²) >= 11 is 0. The van der Waals surface area contributed by atoms with Crippen LogP contribution in [0.1, 0.15) is 5.82 Å². The summed E-state index contributed by atoms with van der Waals surface area (Å²) in [6, 6.07) is 1.11. The molecule has 0 aliphatic rings. The molecule has 1 aromatic carbocycles. The lowest BCUT2D eigenvalue weighted by Gasteiger charge is -2.07. The third kappa shape index (κ3) is 3.18. The second-order valence-electron chi connectivity index (χ2n) is 3.29. The highest BCUT2D eigenvalue weighted by molar-refractivity contribution is 8.13. The molecule has 0 saturated heterocycles. The lowest BCUT2D eigenvalue weighted by Crippen LogP contribution is -2.03. The van der Waals surface area contributed by atoms with E-state index in [9.17, 15) is 17.2 Å². The SMILES string of the molecule is O=S(=O)(Cl)c1cc(F)c(OCc2ncon2)c(F)c1. The van der Waals surface area contributed by atoms with E-state index in [2.05, 4.69) is 14.7 Å². The highest BCUT2D eigenvalue weighted by atomic mass is 35.7. The van der Waals surface area contributed by atoms with Crippen molar-refractivity contribution in [3.63, 3.8) is 0 Å². The van der Waals surface area contributed by atoms with Crippen LogP contribution in [0.25, 0.3) is 0 Å². The summed E-state index contributed by atoms with van der Waals surface area (Å²) in [5.74, 6) is -3.09. The monoisotopic (exact) mass is 310 g/mol. The van der Waals surface area contributed by atoms with Gasteiger partial charge < -0.3 is 9.26 Å². The van der Waals surface area contributed by atoms with E-state index in [0.29, 0.717) is 12.1 Å². The van der Waals surface area contributed by atoms with Gasteiger partial charge in [-0.05, 0) is 12.1 Å². The second kappa shape index (κ2) is 5.10. The fraction of sp³-hybridized carbons (Fsp3) is 0.111. The van der Waals surface area contributed by atoms with Crippen LogP contribution in [0.5, 0.6) is 5.75 Å². The smallest absolute Gasteiger partial charge is 0.261 e. The lowest BCUT2D eigenvalue weighted by atomic mass is 10.3. The summed E-state index contributed by atoms with van der Waals surface area (Å²) in [5, 5.41) is 3.37. The summed E-state index contributed by atoms with van der Waals surface area (Å²) in [6.07, 6.45) is 1.02. The maximum atomic E-state index is 13.5. The van der Waals surface area contributed by atoms with Crippen molar-refractivity contribution in [1.82, 2.24) is 10.1 Å². The molecule has 0 aliphatic carbocycles. The Morgan fingerprint density at radius 1 is 1.32 bits per heavy atom. The Balaban J connectivity index is 2.27. The molecule has 2 rings (SSSR count). The third-order valence-corrected chi connectivity index (χ3v) is 3.34. The normalized spacial score (nSPS) is 11.5. The Bertz CT molecular complexity index is 667. The minimum atomic E-state index is -4.23. The van der Waals surface area contributed by atoms with Crippen LogP contribution in [0.4, 0.5) is 8.78 Å². The van der Waals surface area contributed by atoms with Gasteiger partial charge in [-0.15, -0.1) is 0 Å². The van der Waals surface area contributed by atoms with Crippen LogP contribution in [-0.4, -0.2) is 18.6 Å². The molecular formula is C9H5ClF2N2O4S. The van der Waals surface area contributed by atoms with Gasteiger partial charge in [0.2, 0.25) is 12.2 Å². The number of benzene rings is 1. The van der Waals surface area contributed by atoms with Gasteiger partial charge in [0.25, 0.3) is 9.05 Å². The first kappa shape index (κ1) is 13.7. The highest BCUT2D eigenvalue weighted by Gasteiger charge is 2.19. The van der Waals surface area contributed by atoms with Gasteiger partial charge in [-0.25, -0.2) is 17.2 Å². The average Bonchev–Trinajstić information content (AvgIpc) is 2.79. The molecule has 2 aromatic rings. The van der Waals surface area contributed by atoms with Crippen molar-refractivity contribution in [2.75, 3.05) is 0 Å². The quantitative estimate of drug-likeness (QED) is 0.802. The molecule has 1 aromatic heterocycles. The first-order valence-electron chi connectivity index (χ1n) is 4.69. The van der Waals surface area contributed by atoms with Crippen LogP contribution in [0.15, 0.2) is 27.9 Å². The third-order valence-electron chi connectivity index (χ3n) is 2.01. The molecule has 0 fully saturated rings. The first-order valence-corrected chi connectivity index (χ1v) is 7.00. The van der Waals surface area contributed by atoms with E-state index < -0.39 is 31.3 Å². The predicted octanol–water partition coefficient (Wildman–Crippen LogP) is 1.85. The molecule has 0 N–H and O–H groups in total. The van der Waals surface area contributed by atoms with Crippen LogP contribution in [0.3, 0.4) is 0 Å². The lowest BCUT2D eigenvalue weighted by molar-refractivity contribution is 0.259. The molecular weight excluding hydrogens is 306 g/mol. The average molecular weight is 311 g/mol. The fourth-order valence-electron chi connectivity index (χ4n) is 1.21. The van der Waals surface area contributed by atoms with E-state index in [0.717, 1.165) is 6.39 Å². The molecule has 1 heterocycles. The molecule has 19 heavy (non-hydrogen) atoms. The van der Waals surface area contributed by atoms with Crippen molar-refractivity contribution in [2.24, 2.45) is 0 Å². The van der Waals surface area contributed by atoms with Gasteiger partial charge >= 0.3 is 0 Å². The zero-order chi connectivity index (χ0) is 14.0. The van der Waals surface area contributed by atoms with Crippen LogP contribution in [-0.2, 0) is 15.7 Å². The van der Waals surface area contributed by atoms with Crippen molar-refractivity contribution in [3.05, 3.63) is 36.0 Å². The van der Waals surface area contributed by atoms with Gasteiger partial charge in [0.1, 0.15) is 0 Å². The fourth-order valence-corrected chi connectivity index (χ4v) is 1.96. The Morgan fingerprint density at radius 3 is 2.42 bits per heavy atom. The van der Waals surface area contributed by atoms with E-state index in [1.807, 2.05) is 0 Å². The van der Waals surface area contributed by atoms with Crippen molar-refractivity contribution in [1.29, 1.82) is 0 Å². The maximum Gasteiger partial charge on any atom is 0.261 e.